The van der Waals surface area contributed by atoms with Gasteiger partial charge in [-0.25, -0.2) is 9.98 Å². The Kier molecular flexibility index (Phi) is 6.18. The van der Waals surface area contributed by atoms with Gasteiger partial charge in [0.05, 0.1) is 6.54 Å². The lowest BCUT2D eigenvalue weighted by Gasteiger charge is -2.25. The first-order chi connectivity index (χ1) is 10.3. The van der Waals surface area contributed by atoms with Crippen LogP contribution in [0.2, 0.25) is 0 Å². The summed E-state index contributed by atoms with van der Waals surface area (Å²) < 4.78 is 0. The van der Waals surface area contributed by atoms with E-state index in [0.717, 1.165) is 5.92 Å². The maximum absolute atomic E-state index is 5.86. The van der Waals surface area contributed by atoms with Crippen molar-refractivity contribution >= 4 is 35.8 Å². The third-order valence-electron chi connectivity index (χ3n) is 3.91. The van der Waals surface area contributed by atoms with Crippen molar-refractivity contribution in [2.75, 3.05) is 5.32 Å². The van der Waals surface area contributed by atoms with E-state index in [0.29, 0.717) is 18.3 Å². The van der Waals surface area contributed by atoms with Crippen LogP contribution >= 0.6 is 24.0 Å². The van der Waals surface area contributed by atoms with Crippen LogP contribution in [-0.4, -0.2) is 10.9 Å². The molecule has 1 heterocycles. The summed E-state index contributed by atoms with van der Waals surface area (Å²) in [5.74, 6) is 1.87. The maximum atomic E-state index is 5.86. The number of benzene rings is 1. The van der Waals surface area contributed by atoms with Crippen molar-refractivity contribution in [3.05, 3.63) is 59.8 Å². The zero-order chi connectivity index (χ0) is 14.5. The zero-order valence-corrected chi connectivity index (χ0v) is 14.7. The Labute approximate surface area is 148 Å². The summed E-state index contributed by atoms with van der Waals surface area (Å²) >= 11 is 0. The van der Waals surface area contributed by atoms with Crippen molar-refractivity contribution in [3.63, 3.8) is 0 Å². The number of nitrogens with two attached hydrogens (primary N) is 1. The van der Waals surface area contributed by atoms with Gasteiger partial charge < -0.3 is 11.1 Å². The average molecular weight is 408 g/mol. The molecule has 1 aliphatic rings. The first kappa shape index (κ1) is 16.7. The number of rotatable bonds is 4. The number of aliphatic imine (C=N–C) groups is 1. The first-order valence-corrected chi connectivity index (χ1v) is 7.38. The fourth-order valence-electron chi connectivity index (χ4n) is 2.42. The Morgan fingerprint density at radius 2 is 1.95 bits per heavy atom. The lowest BCUT2D eigenvalue weighted by Crippen LogP contribution is -2.23. The second-order valence-corrected chi connectivity index (χ2v) is 5.41. The molecule has 3 N–H and O–H groups in total. The van der Waals surface area contributed by atoms with Crippen LogP contribution < -0.4 is 11.1 Å². The number of pyridine rings is 1. The van der Waals surface area contributed by atoms with Gasteiger partial charge in [-0.3, -0.25) is 0 Å². The minimum absolute atomic E-state index is 0. The van der Waals surface area contributed by atoms with Gasteiger partial charge in [-0.15, -0.1) is 24.0 Å². The van der Waals surface area contributed by atoms with Crippen LogP contribution in [0.3, 0.4) is 0 Å². The van der Waals surface area contributed by atoms with Gasteiger partial charge in [0.15, 0.2) is 5.96 Å². The quantitative estimate of drug-likeness (QED) is 0.458. The molecule has 4 nitrogen and oxygen atoms in total. The van der Waals surface area contributed by atoms with Gasteiger partial charge in [-0.05, 0) is 42.0 Å². The summed E-state index contributed by atoms with van der Waals surface area (Å²) in [6, 6.07) is 14.4. The zero-order valence-electron chi connectivity index (χ0n) is 12.4. The number of halogens is 1. The standard InChI is InChI=1S/C17H20N4.HI/c18-17(21-16-6-1-2-11-19-16)20-12-13-7-9-15(10-8-13)14-4-3-5-14;/h1-2,6-11,14H,3-5,12H2,(H3,18,19,20,21);1H. The molecule has 1 saturated carbocycles. The topological polar surface area (TPSA) is 63.3 Å². The minimum atomic E-state index is 0. The highest BCUT2D eigenvalue weighted by Gasteiger charge is 2.18. The van der Waals surface area contributed by atoms with E-state index in [1.807, 2.05) is 18.2 Å². The van der Waals surface area contributed by atoms with Crippen LogP contribution in [-0.2, 0) is 6.54 Å². The molecule has 0 amide bonds. The van der Waals surface area contributed by atoms with Crippen LogP contribution in [0.4, 0.5) is 5.82 Å². The molecule has 0 spiro atoms. The van der Waals surface area contributed by atoms with Crippen LogP contribution in [0.15, 0.2) is 53.7 Å². The molecular formula is C17H21IN4. The number of guanidine groups is 1. The van der Waals surface area contributed by atoms with Crippen molar-refractivity contribution in [2.45, 2.75) is 31.7 Å². The van der Waals surface area contributed by atoms with Crippen LogP contribution in [0, 0.1) is 0 Å². The molecule has 1 fully saturated rings. The molecule has 0 bridgehead atoms. The Morgan fingerprint density at radius 3 is 2.55 bits per heavy atom. The van der Waals surface area contributed by atoms with Crippen LogP contribution in [0.5, 0.6) is 0 Å². The first-order valence-electron chi connectivity index (χ1n) is 7.38. The third kappa shape index (κ3) is 4.43. The van der Waals surface area contributed by atoms with Gasteiger partial charge in [-0.1, -0.05) is 36.8 Å². The van der Waals surface area contributed by atoms with E-state index in [1.165, 1.54) is 30.4 Å². The number of nitrogens with zero attached hydrogens (tertiary/aromatic N) is 2. The third-order valence-corrected chi connectivity index (χ3v) is 3.91. The molecule has 0 radical (unpaired) electrons. The predicted octanol–water partition coefficient (Wildman–Crippen LogP) is 3.89. The lowest BCUT2D eigenvalue weighted by molar-refractivity contribution is 0.419. The molecule has 116 valence electrons. The summed E-state index contributed by atoms with van der Waals surface area (Å²) in [5, 5.41) is 2.98. The number of hydrogen-bond acceptors (Lipinski definition) is 2. The molecule has 22 heavy (non-hydrogen) atoms. The smallest absolute Gasteiger partial charge is 0.194 e. The summed E-state index contributed by atoms with van der Waals surface area (Å²) in [7, 11) is 0. The van der Waals surface area contributed by atoms with Gasteiger partial charge in [0.1, 0.15) is 5.82 Å². The monoisotopic (exact) mass is 408 g/mol. The molecule has 0 saturated heterocycles. The largest absolute Gasteiger partial charge is 0.370 e. The number of aromatic nitrogens is 1. The predicted molar refractivity (Wildman–Crippen MR) is 102 cm³/mol. The number of hydrogen-bond donors (Lipinski definition) is 2. The van der Waals surface area contributed by atoms with Crippen LogP contribution in [0.25, 0.3) is 0 Å². The van der Waals surface area contributed by atoms with Crippen molar-refractivity contribution in [2.24, 2.45) is 10.7 Å². The SMILES string of the molecule is I.NC(=NCc1ccc(C2CCC2)cc1)Nc1ccccn1. The van der Waals surface area contributed by atoms with Crippen molar-refractivity contribution in [1.82, 2.24) is 4.98 Å². The summed E-state index contributed by atoms with van der Waals surface area (Å²) in [5.41, 5.74) is 8.48. The molecule has 1 aromatic carbocycles. The average Bonchev–Trinajstić information content (AvgIpc) is 2.46. The van der Waals surface area contributed by atoms with Crippen molar-refractivity contribution in [1.29, 1.82) is 0 Å². The second-order valence-electron chi connectivity index (χ2n) is 5.41. The Hall–Kier alpha value is -1.63. The summed E-state index contributed by atoms with van der Waals surface area (Å²) in [4.78, 5) is 8.49. The minimum Gasteiger partial charge on any atom is -0.370 e. The number of anilines is 1. The molecule has 1 aromatic heterocycles. The second kappa shape index (κ2) is 8.12. The fourth-order valence-corrected chi connectivity index (χ4v) is 2.42. The summed E-state index contributed by atoms with van der Waals surface area (Å²) in [6.45, 7) is 0.580. The van der Waals surface area contributed by atoms with Crippen molar-refractivity contribution < 1.29 is 0 Å². The van der Waals surface area contributed by atoms with Crippen LogP contribution in [0.1, 0.15) is 36.3 Å². The highest BCUT2D eigenvalue weighted by Crippen LogP contribution is 2.36. The van der Waals surface area contributed by atoms with E-state index in [-0.39, 0.29) is 24.0 Å². The Morgan fingerprint density at radius 1 is 1.18 bits per heavy atom. The van der Waals surface area contributed by atoms with E-state index >= 15 is 0 Å². The molecule has 0 aliphatic heterocycles. The van der Waals surface area contributed by atoms with E-state index < -0.39 is 0 Å². The van der Waals surface area contributed by atoms with Gasteiger partial charge in [0, 0.05) is 6.20 Å². The van der Waals surface area contributed by atoms with Gasteiger partial charge in [0.2, 0.25) is 0 Å². The molecule has 5 heteroatoms. The van der Waals surface area contributed by atoms with E-state index in [4.69, 9.17) is 5.73 Å². The van der Waals surface area contributed by atoms with Gasteiger partial charge in [0.25, 0.3) is 0 Å². The van der Waals surface area contributed by atoms with E-state index in [1.54, 1.807) is 6.20 Å². The molecule has 0 unspecified atom stereocenters. The molecular weight excluding hydrogens is 387 g/mol. The normalized spacial score (nSPS) is 14.8. The summed E-state index contributed by atoms with van der Waals surface area (Å²) in [6.07, 6.45) is 5.75. The van der Waals surface area contributed by atoms with Gasteiger partial charge >= 0.3 is 0 Å². The van der Waals surface area contributed by atoms with Gasteiger partial charge in [-0.2, -0.15) is 0 Å². The maximum Gasteiger partial charge on any atom is 0.194 e. The lowest BCUT2D eigenvalue weighted by atomic mass is 9.80. The molecule has 2 aromatic rings. The Balaban J connectivity index is 0.00000176. The van der Waals surface area contributed by atoms with E-state index in [9.17, 15) is 0 Å². The van der Waals surface area contributed by atoms with Crippen molar-refractivity contribution in [3.8, 4) is 0 Å². The fraction of sp³-hybridized carbons (Fsp3) is 0.294. The molecule has 0 atom stereocenters. The van der Waals surface area contributed by atoms with E-state index in [2.05, 4.69) is 39.6 Å². The number of nitrogens with one attached hydrogen (secondary N) is 1. The highest BCUT2D eigenvalue weighted by atomic mass is 127. The molecule has 1 aliphatic carbocycles. The molecule has 3 rings (SSSR count). The Bertz CT molecular complexity index is 606. The highest BCUT2D eigenvalue weighted by molar-refractivity contribution is 14.0.